The predicted molar refractivity (Wildman–Crippen MR) is 88.6 cm³/mol. The van der Waals surface area contributed by atoms with Gasteiger partial charge >= 0.3 is 0 Å². The maximum Gasteiger partial charge on any atom is -0.00181 e. The topological polar surface area (TPSA) is 12.0 Å². The second-order valence-electron chi connectivity index (χ2n) is 7.13. The lowest BCUT2D eigenvalue weighted by molar-refractivity contribution is 0.296. The Hall–Kier alpha value is -0.0400. The fraction of sp³-hybridized carbons (Fsp3) is 1.00. The standard InChI is InChI=1S/C9H18.C8H17N.CH4/c1-8(2)7-9-5-3-4-6-9;1-7(2)8-4-3-5-9-6-8;/h8-9H,3-7H2,1-2H3;7-9H,3-6H2,1-2H3;1H4. The normalized spacial score (nSPS) is 24.0. The molecule has 1 nitrogen and oxygen atoms in total. The van der Waals surface area contributed by atoms with Gasteiger partial charge in [0.1, 0.15) is 0 Å². The van der Waals surface area contributed by atoms with Crippen molar-refractivity contribution < 1.29 is 0 Å². The first-order valence-electron chi connectivity index (χ1n) is 8.30. The van der Waals surface area contributed by atoms with E-state index in [4.69, 9.17) is 0 Å². The lowest BCUT2D eigenvalue weighted by Crippen LogP contribution is -2.32. The highest BCUT2D eigenvalue weighted by Crippen LogP contribution is 2.29. The molecule has 116 valence electrons. The molecule has 1 heterocycles. The first-order chi connectivity index (χ1) is 8.59. The van der Waals surface area contributed by atoms with Crippen LogP contribution in [0.25, 0.3) is 0 Å². The second kappa shape index (κ2) is 10.7. The van der Waals surface area contributed by atoms with Crippen LogP contribution in [0.2, 0.25) is 0 Å². The van der Waals surface area contributed by atoms with Gasteiger partial charge in [-0.3, -0.25) is 0 Å². The quantitative estimate of drug-likeness (QED) is 0.713. The van der Waals surface area contributed by atoms with Crippen molar-refractivity contribution in [3.8, 4) is 0 Å². The van der Waals surface area contributed by atoms with E-state index in [0.717, 1.165) is 23.7 Å². The SMILES string of the molecule is C.CC(C)C1CCCNC1.CC(C)CC1CCCC1. The van der Waals surface area contributed by atoms with Crippen LogP contribution in [-0.2, 0) is 0 Å². The van der Waals surface area contributed by atoms with Crippen LogP contribution in [0.4, 0.5) is 0 Å². The van der Waals surface area contributed by atoms with E-state index >= 15 is 0 Å². The van der Waals surface area contributed by atoms with Crippen LogP contribution >= 0.6 is 0 Å². The molecule has 1 N–H and O–H groups in total. The number of hydrogen-bond donors (Lipinski definition) is 1. The van der Waals surface area contributed by atoms with Crippen molar-refractivity contribution in [2.45, 2.75) is 80.1 Å². The zero-order valence-corrected chi connectivity index (χ0v) is 13.2. The summed E-state index contributed by atoms with van der Waals surface area (Å²) in [6.07, 6.45) is 10.3. The minimum atomic E-state index is 0. The van der Waals surface area contributed by atoms with Crippen molar-refractivity contribution in [3.05, 3.63) is 0 Å². The molecule has 1 aliphatic carbocycles. The molecule has 1 atom stereocenters. The molecule has 1 saturated heterocycles. The molecule has 2 aliphatic rings. The molecular formula is C18H39N. The molecule has 0 aromatic rings. The highest BCUT2D eigenvalue weighted by molar-refractivity contribution is 4.71. The Morgan fingerprint density at radius 2 is 1.58 bits per heavy atom. The van der Waals surface area contributed by atoms with Gasteiger partial charge in [-0.05, 0) is 56.0 Å². The Balaban J connectivity index is 0.000000324. The summed E-state index contributed by atoms with van der Waals surface area (Å²) >= 11 is 0. The molecule has 0 bridgehead atoms. The third kappa shape index (κ3) is 8.68. The van der Waals surface area contributed by atoms with Gasteiger partial charge in [0.25, 0.3) is 0 Å². The number of nitrogens with one attached hydrogen (secondary N) is 1. The molecular weight excluding hydrogens is 230 g/mol. The first kappa shape index (κ1) is 19.0. The number of rotatable bonds is 3. The monoisotopic (exact) mass is 269 g/mol. The van der Waals surface area contributed by atoms with Gasteiger partial charge in [0.05, 0.1) is 0 Å². The molecule has 2 fully saturated rings. The van der Waals surface area contributed by atoms with Crippen molar-refractivity contribution in [1.82, 2.24) is 5.32 Å². The van der Waals surface area contributed by atoms with E-state index < -0.39 is 0 Å². The van der Waals surface area contributed by atoms with Crippen LogP contribution in [0.5, 0.6) is 0 Å². The molecule has 1 saturated carbocycles. The zero-order valence-electron chi connectivity index (χ0n) is 13.2. The molecule has 2 rings (SSSR count). The van der Waals surface area contributed by atoms with E-state index in [-0.39, 0.29) is 7.43 Å². The van der Waals surface area contributed by atoms with E-state index in [2.05, 4.69) is 33.0 Å². The minimum absolute atomic E-state index is 0. The molecule has 1 aliphatic heterocycles. The smallest absolute Gasteiger partial charge is 0.00181 e. The van der Waals surface area contributed by atoms with Crippen molar-refractivity contribution in [1.29, 1.82) is 0 Å². The van der Waals surface area contributed by atoms with Gasteiger partial charge in [-0.1, -0.05) is 60.8 Å². The fourth-order valence-electron chi connectivity index (χ4n) is 3.36. The lowest BCUT2D eigenvalue weighted by Gasteiger charge is -2.25. The van der Waals surface area contributed by atoms with Gasteiger partial charge in [-0.25, -0.2) is 0 Å². The molecule has 1 heteroatoms. The Kier molecular flexibility index (Phi) is 10.7. The minimum Gasteiger partial charge on any atom is -0.316 e. The van der Waals surface area contributed by atoms with E-state index in [9.17, 15) is 0 Å². The maximum atomic E-state index is 3.42. The molecule has 0 amide bonds. The Morgan fingerprint density at radius 3 is 1.95 bits per heavy atom. The Morgan fingerprint density at radius 1 is 0.947 bits per heavy atom. The summed E-state index contributed by atoms with van der Waals surface area (Å²) in [7, 11) is 0. The van der Waals surface area contributed by atoms with Gasteiger partial charge in [0.15, 0.2) is 0 Å². The second-order valence-corrected chi connectivity index (χ2v) is 7.13. The highest BCUT2D eigenvalue weighted by atomic mass is 14.9. The summed E-state index contributed by atoms with van der Waals surface area (Å²) in [5.41, 5.74) is 0. The molecule has 0 radical (unpaired) electrons. The summed E-state index contributed by atoms with van der Waals surface area (Å²) in [4.78, 5) is 0. The van der Waals surface area contributed by atoms with Gasteiger partial charge in [0.2, 0.25) is 0 Å². The summed E-state index contributed by atoms with van der Waals surface area (Å²) < 4.78 is 0. The Bertz CT molecular complexity index is 186. The van der Waals surface area contributed by atoms with Crippen molar-refractivity contribution in [2.75, 3.05) is 13.1 Å². The van der Waals surface area contributed by atoms with E-state index in [0.29, 0.717) is 0 Å². The van der Waals surface area contributed by atoms with Crippen LogP contribution < -0.4 is 5.32 Å². The molecule has 0 aromatic carbocycles. The molecule has 0 aromatic heterocycles. The fourth-order valence-corrected chi connectivity index (χ4v) is 3.36. The number of hydrogen-bond acceptors (Lipinski definition) is 1. The van der Waals surface area contributed by atoms with Gasteiger partial charge in [-0.15, -0.1) is 0 Å². The predicted octanol–water partition coefficient (Wildman–Crippen LogP) is 5.50. The third-order valence-electron chi connectivity index (χ3n) is 4.56. The van der Waals surface area contributed by atoms with Crippen molar-refractivity contribution in [3.63, 3.8) is 0 Å². The van der Waals surface area contributed by atoms with Crippen LogP contribution in [0.15, 0.2) is 0 Å². The van der Waals surface area contributed by atoms with Gasteiger partial charge in [0, 0.05) is 0 Å². The van der Waals surface area contributed by atoms with Gasteiger partial charge in [-0.2, -0.15) is 0 Å². The highest BCUT2D eigenvalue weighted by Gasteiger charge is 2.16. The van der Waals surface area contributed by atoms with Crippen molar-refractivity contribution in [2.24, 2.45) is 23.7 Å². The van der Waals surface area contributed by atoms with Crippen LogP contribution in [-0.4, -0.2) is 13.1 Å². The first-order valence-corrected chi connectivity index (χ1v) is 8.30. The Labute approximate surface area is 122 Å². The zero-order chi connectivity index (χ0) is 13.4. The summed E-state index contributed by atoms with van der Waals surface area (Å²) in [5, 5.41) is 3.42. The third-order valence-corrected chi connectivity index (χ3v) is 4.56. The molecule has 1 unspecified atom stereocenters. The maximum absolute atomic E-state index is 3.42. The van der Waals surface area contributed by atoms with E-state index in [1.54, 1.807) is 0 Å². The van der Waals surface area contributed by atoms with Crippen molar-refractivity contribution >= 4 is 0 Å². The van der Waals surface area contributed by atoms with Gasteiger partial charge < -0.3 is 5.32 Å². The van der Waals surface area contributed by atoms with E-state index in [1.165, 1.54) is 58.0 Å². The summed E-state index contributed by atoms with van der Waals surface area (Å²) in [6.45, 7) is 11.8. The van der Waals surface area contributed by atoms with E-state index in [1.807, 2.05) is 0 Å². The largest absolute Gasteiger partial charge is 0.316 e. The lowest BCUT2D eigenvalue weighted by atomic mass is 9.89. The summed E-state index contributed by atoms with van der Waals surface area (Å²) in [5.74, 6) is 3.83. The van der Waals surface area contributed by atoms with Crippen LogP contribution in [0, 0.1) is 23.7 Å². The molecule has 0 spiro atoms. The molecule has 19 heavy (non-hydrogen) atoms. The number of piperidine rings is 1. The summed E-state index contributed by atoms with van der Waals surface area (Å²) in [6, 6.07) is 0. The van der Waals surface area contributed by atoms with Crippen LogP contribution in [0.3, 0.4) is 0 Å². The average Bonchev–Trinajstić information content (AvgIpc) is 2.83. The average molecular weight is 270 g/mol. The van der Waals surface area contributed by atoms with Crippen LogP contribution in [0.1, 0.15) is 80.1 Å².